The van der Waals surface area contributed by atoms with Gasteiger partial charge in [-0.2, -0.15) is 0 Å². The zero-order valence-electron chi connectivity index (χ0n) is 13.1. The summed E-state index contributed by atoms with van der Waals surface area (Å²) in [6, 6.07) is 4.48. The van der Waals surface area contributed by atoms with E-state index in [-0.39, 0.29) is 24.0 Å². The molecule has 1 aromatic heterocycles. The van der Waals surface area contributed by atoms with Crippen LogP contribution in [-0.2, 0) is 4.79 Å². The van der Waals surface area contributed by atoms with Crippen LogP contribution in [0.5, 0.6) is 0 Å². The van der Waals surface area contributed by atoms with Crippen molar-refractivity contribution in [3.8, 4) is 0 Å². The summed E-state index contributed by atoms with van der Waals surface area (Å²) < 4.78 is 0. The van der Waals surface area contributed by atoms with E-state index < -0.39 is 0 Å². The molecule has 0 aromatic carbocycles. The highest BCUT2D eigenvalue weighted by molar-refractivity contribution is 7.12. The molecule has 20 heavy (non-hydrogen) atoms. The molecule has 1 heterocycles. The lowest BCUT2D eigenvalue weighted by Gasteiger charge is -2.32. The molecule has 0 aliphatic heterocycles. The Bertz CT molecular complexity index is 429. The van der Waals surface area contributed by atoms with Crippen LogP contribution in [0.1, 0.15) is 43.5 Å². The summed E-state index contributed by atoms with van der Waals surface area (Å²) in [5, 5.41) is 2.94. The fourth-order valence-electron chi connectivity index (χ4n) is 2.34. The molecule has 1 aromatic rings. The summed E-state index contributed by atoms with van der Waals surface area (Å²) in [4.78, 5) is 16.6. The second-order valence-electron chi connectivity index (χ2n) is 5.54. The molecule has 0 saturated carbocycles. The third-order valence-electron chi connectivity index (χ3n) is 3.15. The Morgan fingerprint density at radius 1 is 1.40 bits per heavy atom. The number of amides is 1. The number of carbonyl (C=O) groups is 1. The van der Waals surface area contributed by atoms with Gasteiger partial charge in [0, 0.05) is 21.8 Å². The number of aryl methyl sites for hydroxylation is 1. The average Bonchev–Trinajstić information content (AvgIpc) is 2.73. The van der Waals surface area contributed by atoms with Gasteiger partial charge in [-0.15, -0.1) is 11.3 Å². The first kappa shape index (κ1) is 17.1. The lowest BCUT2D eigenvalue weighted by molar-refractivity contribution is -0.123. The van der Waals surface area contributed by atoms with E-state index in [0.717, 1.165) is 6.54 Å². The van der Waals surface area contributed by atoms with Crippen LogP contribution < -0.4 is 11.1 Å². The van der Waals surface area contributed by atoms with E-state index in [0.29, 0.717) is 6.54 Å². The zero-order valence-corrected chi connectivity index (χ0v) is 14.0. The first-order valence-corrected chi connectivity index (χ1v) is 8.02. The second-order valence-corrected chi connectivity index (χ2v) is 6.86. The van der Waals surface area contributed by atoms with Crippen molar-refractivity contribution < 1.29 is 4.79 Å². The summed E-state index contributed by atoms with van der Waals surface area (Å²) in [5.74, 6) is 0.0563. The number of nitrogens with two attached hydrogens (primary N) is 1. The number of carbonyl (C=O) groups excluding carboxylic acids is 1. The minimum atomic E-state index is -0.0140. The molecule has 1 rings (SSSR count). The molecule has 2 atom stereocenters. The van der Waals surface area contributed by atoms with Gasteiger partial charge in [0.25, 0.3) is 0 Å². The highest BCUT2D eigenvalue weighted by Crippen LogP contribution is 2.29. The topological polar surface area (TPSA) is 58.4 Å². The van der Waals surface area contributed by atoms with Crippen molar-refractivity contribution in [2.75, 3.05) is 13.1 Å². The first-order chi connectivity index (χ1) is 9.35. The van der Waals surface area contributed by atoms with Gasteiger partial charge in [-0.25, -0.2) is 0 Å². The van der Waals surface area contributed by atoms with E-state index in [1.54, 1.807) is 11.3 Å². The van der Waals surface area contributed by atoms with Crippen LogP contribution in [0, 0.1) is 6.92 Å². The summed E-state index contributed by atoms with van der Waals surface area (Å²) in [5.41, 5.74) is 6.16. The van der Waals surface area contributed by atoms with Crippen LogP contribution in [0.4, 0.5) is 0 Å². The Morgan fingerprint density at radius 3 is 2.45 bits per heavy atom. The molecular weight excluding hydrogens is 270 g/mol. The van der Waals surface area contributed by atoms with Crippen LogP contribution in [0.15, 0.2) is 12.1 Å². The van der Waals surface area contributed by atoms with Crippen molar-refractivity contribution in [3.63, 3.8) is 0 Å². The molecule has 0 radical (unpaired) electrons. The minimum Gasteiger partial charge on any atom is -0.353 e. The lowest BCUT2D eigenvalue weighted by atomic mass is 10.1. The number of nitrogens with one attached hydrogen (secondary N) is 1. The lowest BCUT2D eigenvalue weighted by Crippen LogP contribution is -2.45. The highest BCUT2D eigenvalue weighted by Gasteiger charge is 2.26. The summed E-state index contributed by atoms with van der Waals surface area (Å²) >= 11 is 1.76. The van der Waals surface area contributed by atoms with Crippen LogP contribution in [0.3, 0.4) is 0 Å². The average molecular weight is 297 g/mol. The molecule has 114 valence electrons. The molecule has 1 amide bonds. The smallest absolute Gasteiger partial charge is 0.234 e. The van der Waals surface area contributed by atoms with Crippen LogP contribution in [-0.4, -0.2) is 36.0 Å². The van der Waals surface area contributed by atoms with Crippen LogP contribution in [0.25, 0.3) is 0 Å². The van der Waals surface area contributed by atoms with Gasteiger partial charge in [0.15, 0.2) is 0 Å². The number of likely N-dealkylation sites (N-methyl/N-ethyl adjacent to an activating group) is 1. The van der Waals surface area contributed by atoms with Crippen molar-refractivity contribution >= 4 is 17.2 Å². The predicted octanol–water partition coefficient (Wildman–Crippen LogP) is 2.29. The van der Waals surface area contributed by atoms with Gasteiger partial charge in [-0.3, -0.25) is 9.69 Å². The number of hydrogen-bond donors (Lipinski definition) is 2. The first-order valence-electron chi connectivity index (χ1n) is 7.20. The molecular formula is C15H27N3OS. The van der Waals surface area contributed by atoms with Crippen LogP contribution in [0.2, 0.25) is 0 Å². The summed E-state index contributed by atoms with van der Waals surface area (Å²) in [6.07, 6.45) is 0. The second kappa shape index (κ2) is 7.76. The fraction of sp³-hybridized carbons (Fsp3) is 0.667. The number of hydrogen-bond acceptors (Lipinski definition) is 4. The molecule has 0 spiro atoms. The summed E-state index contributed by atoms with van der Waals surface area (Å²) in [7, 11) is 0. The van der Waals surface area contributed by atoms with Gasteiger partial charge in [-0.05, 0) is 46.4 Å². The Balaban J connectivity index is 2.85. The normalized spacial score (nSPS) is 14.6. The molecule has 5 heteroatoms. The van der Waals surface area contributed by atoms with Crippen molar-refractivity contribution in [1.29, 1.82) is 0 Å². The maximum absolute atomic E-state index is 12.0. The van der Waals surface area contributed by atoms with E-state index in [1.807, 2.05) is 20.8 Å². The van der Waals surface area contributed by atoms with E-state index in [9.17, 15) is 4.79 Å². The van der Waals surface area contributed by atoms with E-state index >= 15 is 0 Å². The molecule has 0 aliphatic rings. The fourth-order valence-corrected chi connectivity index (χ4v) is 3.47. The largest absolute Gasteiger partial charge is 0.353 e. The van der Waals surface area contributed by atoms with Crippen molar-refractivity contribution in [3.05, 3.63) is 21.9 Å². The van der Waals surface area contributed by atoms with Crippen molar-refractivity contribution in [1.82, 2.24) is 10.2 Å². The van der Waals surface area contributed by atoms with Crippen LogP contribution >= 0.6 is 11.3 Å². The van der Waals surface area contributed by atoms with E-state index in [2.05, 4.69) is 36.2 Å². The van der Waals surface area contributed by atoms with E-state index in [1.165, 1.54) is 9.75 Å². The molecule has 3 N–H and O–H groups in total. The SMILES string of the molecule is CCN(CC(=O)NC(C)C)C(c1ccc(C)s1)C(C)N. The monoisotopic (exact) mass is 297 g/mol. The van der Waals surface area contributed by atoms with Crippen molar-refractivity contribution in [2.45, 2.75) is 52.7 Å². The van der Waals surface area contributed by atoms with E-state index in [4.69, 9.17) is 5.73 Å². The number of nitrogens with zero attached hydrogens (tertiary/aromatic N) is 1. The molecule has 4 nitrogen and oxygen atoms in total. The minimum absolute atomic E-state index is 0.0140. The third kappa shape index (κ3) is 4.89. The molecule has 2 unspecified atom stereocenters. The third-order valence-corrected chi connectivity index (χ3v) is 4.22. The predicted molar refractivity (Wildman–Crippen MR) is 86.0 cm³/mol. The quantitative estimate of drug-likeness (QED) is 0.812. The van der Waals surface area contributed by atoms with Gasteiger partial charge >= 0.3 is 0 Å². The van der Waals surface area contributed by atoms with Gasteiger partial charge in [0.2, 0.25) is 5.91 Å². The van der Waals surface area contributed by atoms with Crippen molar-refractivity contribution in [2.24, 2.45) is 5.73 Å². The Labute approximate surface area is 126 Å². The van der Waals surface area contributed by atoms with Gasteiger partial charge in [0.05, 0.1) is 12.6 Å². The van der Waals surface area contributed by atoms with Gasteiger partial charge in [-0.1, -0.05) is 6.92 Å². The zero-order chi connectivity index (χ0) is 15.3. The maximum Gasteiger partial charge on any atom is 0.234 e. The molecule has 0 saturated heterocycles. The number of rotatable bonds is 7. The molecule has 0 fully saturated rings. The van der Waals surface area contributed by atoms with Gasteiger partial charge < -0.3 is 11.1 Å². The number of thiophene rings is 1. The Morgan fingerprint density at radius 2 is 2.05 bits per heavy atom. The Kier molecular flexibility index (Phi) is 6.65. The van der Waals surface area contributed by atoms with Gasteiger partial charge in [0.1, 0.15) is 0 Å². The summed E-state index contributed by atoms with van der Waals surface area (Å²) in [6.45, 7) is 11.3. The highest BCUT2D eigenvalue weighted by atomic mass is 32.1. The standard InChI is InChI=1S/C15H27N3OS/c1-6-18(9-14(19)17-10(2)3)15(12(5)16)13-8-7-11(4)20-13/h7-8,10,12,15H,6,9,16H2,1-5H3,(H,17,19). The maximum atomic E-state index is 12.0. The molecule has 0 bridgehead atoms. The Hall–Kier alpha value is -0.910. The molecule has 0 aliphatic carbocycles.